The highest BCUT2D eigenvalue weighted by Gasteiger charge is 2.32. The predicted molar refractivity (Wildman–Crippen MR) is 142 cm³/mol. The van der Waals surface area contributed by atoms with Crippen LogP contribution in [0.3, 0.4) is 0 Å². The molecule has 0 aliphatic carbocycles. The molecule has 9 nitrogen and oxygen atoms in total. The second-order valence-electron chi connectivity index (χ2n) is 9.33. The van der Waals surface area contributed by atoms with E-state index in [1.165, 1.54) is 20.3 Å². The summed E-state index contributed by atoms with van der Waals surface area (Å²) < 4.78 is 51.0. The van der Waals surface area contributed by atoms with Gasteiger partial charge in [0.05, 0.1) is 54.1 Å². The third-order valence-electron chi connectivity index (χ3n) is 6.74. The molecule has 0 radical (unpaired) electrons. The van der Waals surface area contributed by atoms with E-state index in [-0.39, 0.29) is 17.1 Å². The van der Waals surface area contributed by atoms with Gasteiger partial charge in [-0.1, -0.05) is 6.07 Å². The van der Waals surface area contributed by atoms with Gasteiger partial charge in [-0.25, -0.2) is 22.5 Å². The summed E-state index contributed by atoms with van der Waals surface area (Å²) in [4.78, 5) is 18.4. The first kappa shape index (κ1) is 25.7. The van der Waals surface area contributed by atoms with Crippen LogP contribution >= 0.6 is 0 Å². The molecule has 38 heavy (non-hydrogen) atoms. The van der Waals surface area contributed by atoms with Gasteiger partial charge in [-0.05, 0) is 62.2 Å². The number of hydrogen-bond donors (Lipinski definition) is 1. The molecule has 3 heterocycles. The standard InChI is InChI=1S/C27H27FN4O5S/c1-15-5-7-18(12-21(15)28)29-27(33)20-13-22(17-6-8-23(36-3)24(11-17)37-4)30-26-25(20)16(2)31-32(26)19-9-10-38(34,35)14-19/h5-8,11-13,19H,9-10,14H2,1-4H3,(H,29,33). The average molecular weight is 539 g/mol. The third kappa shape index (κ3) is 4.69. The molecular weight excluding hydrogens is 511 g/mol. The molecule has 4 aromatic rings. The van der Waals surface area contributed by atoms with Crippen LogP contribution in [0, 0.1) is 19.7 Å². The monoisotopic (exact) mass is 538 g/mol. The lowest BCUT2D eigenvalue weighted by molar-refractivity contribution is 0.102. The van der Waals surface area contributed by atoms with E-state index in [1.54, 1.807) is 54.9 Å². The SMILES string of the molecule is COc1ccc(-c2cc(C(=O)Nc3ccc(C)c(F)c3)c3c(C)nn(C4CCS(=O)(=O)C4)c3n2)cc1OC. The first-order chi connectivity index (χ1) is 18.1. The molecule has 1 fully saturated rings. The number of ether oxygens (including phenoxy) is 2. The molecule has 2 aromatic carbocycles. The molecule has 0 bridgehead atoms. The van der Waals surface area contributed by atoms with Gasteiger partial charge in [0, 0.05) is 11.3 Å². The lowest BCUT2D eigenvalue weighted by Crippen LogP contribution is -2.15. The number of methoxy groups -OCH3 is 2. The lowest BCUT2D eigenvalue weighted by atomic mass is 10.0. The Morgan fingerprint density at radius 2 is 1.84 bits per heavy atom. The van der Waals surface area contributed by atoms with Crippen LogP contribution in [0.25, 0.3) is 22.3 Å². The Kier molecular flexibility index (Phi) is 6.56. The topological polar surface area (TPSA) is 112 Å². The van der Waals surface area contributed by atoms with E-state index >= 15 is 0 Å². The number of carbonyl (C=O) groups excluding carboxylic acids is 1. The Labute approximate surface area is 219 Å². The minimum atomic E-state index is -3.19. The average Bonchev–Trinajstić information content (AvgIpc) is 3.43. The number of aryl methyl sites for hydroxylation is 2. The molecule has 5 rings (SSSR count). The van der Waals surface area contributed by atoms with Crippen molar-refractivity contribution in [1.29, 1.82) is 0 Å². The molecule has 11 heteroatoms. The number of halogens is 1. The molecular formula is C27H27FN4O5S. The zero-order valence-electron chi connectivity index (χ0n) is 21.4. The van der Waals surface area contributed by atoms with Crippen molar-refractivity contribution in [1.82, 2.24) is 14.8 Å². The van der Waals surface area contributed by atoms with Crippen molar-refractivity contribution in [2.75, 3.05) is 31.0 Å². The summed E-state index contributed by atoms with van der Waals surface area (Å²) in [6.45, 7) is 3.39. The summed E-state index contributed by atoms with van der Waals surface area (Å²) in [6, 6.07) is 11.0. The number of sulfone groups is 1. The van der Waals surface area contributed by atoms with E-state index in [0.717, 1.165) is 0 Å². The summed E-state index contributed by atoms with van der Waals surface area (Å²) >= 11 is 0. The lowest BCUT2D eigenvalue weighted by Gasteiger charge is -2.14. The van der Waals surface area contributed by atoms with Gasteiger partial charge in [-0.3, -0.25) is 4.79 Å². The zero-order chi connectivity index (χ0) is 27.2. The van der Waals surface area contributed by atoms with Crippen molar-refractivity contribution in [3.8, 4) is 22.8 Å². The van der Waals surface area contributed by atoms with Crippen LogP contribution in [0.15, 0.2) is 42.5 Å². The Morgan fingerprint density at radius 1 is 1.08 bits per heavy atom. The fraction of sp³-hybridized carbons (Fsp3) is 0.296. The van der Waals surface area contributed by atoms with Crippen LogP contribution in [0.1, 0.15) is 34.1 Å². The summed E-state index contributed by atoms with van der Waals surface area (Å²) in [5.41, 5.74) is 3.11. The maximum Gasteiger partial charge on any atom is 0.256 e. The number of anilines is 1. The van der Waals surface area contributed by atoms with Crippen LogP contribution in [-0.4, -0.2) is 54.8 Å². The number of fused-ring (bicyclic) bond motifs is 1. The Balaban J connectivity index is 1.68. The number of amides is 1. The fourth-order valence-corrected chi connectivity index (χ4v) is 6.42. The summed E-state index contributed by atoms with van der Waals surface area (Å²) in [6.07, 6.45) is 0.408. The van der Waals surface area contributed by atoms with Gasteiger partial charge in [-0.15, -0.1) is 0 Å². The molecule has 2 aromatic heterocycles. The van der Waals surface area contributed by atoms with Gasteiger partial charge in [0.25, 0.3) is 5.91 Å². The minimum Gasteiger partial charge on any atom is -0.493 e. The number of nitrogens with one attached hydrogen (secondary N) is 1. The van der Waals surface area contributed by atoms with E-state index in [1.807, 2.05) is 0 Å². The molecule has 0 saturated carbocycles. The fourth-order valence-electron chi connectivity index (χ4n) is 4.73. The summed E-state index contributed by atoms with van der Waals surface area (Å²) in [7, 11) is -0.129. The van der Waals surface area contributed by atoms with Crippen molar-refractivity contribution in [2.45, 2.75) is 26.3 Å². The van der Waals surface area contributed by atoms with Crippen LogP contribution in [0.4, 0.5) is 10.1 Å². The van der Waals surface area contributed by atoms with E-state index < -0.39 is 27.6 Å². The van der Waals surface area contributed by atoms with Crippen molar-refractivity contribution in [3.05, 3.63) is 65.1 Å². The Bertz CT molecular complexity index is 1680. The minimum absolute atomic E-state index is 0.0460. The molecule has 1 unspecified atom stereocenters. The number of pyridine rings is 1. The maximum atomic E-state index is 14.2. The number of nitrogens with zero attached hydrogens (tertiary/aromatic N) is 3. The molecule has 1 atom stereocenters. The van der Waals surface area contributed by atoms with Crippen molar-refractivity contribution >= 4 is 32.5 Å². The van der Waals surface area contributed by atoms with Gasteiger partial charge in [0.1, 0.15) is 5.82 Å². The molecule has 1 N–H and O–H groups in total. The quantitative estimate of drug-likeness (QED) is 0.385. The predicted octanol–water partition coefficient (Wildman–Crippen LogP) is 4.48. The van der Waals surface area contributed by atoms with Gasteiger partial charge in [-0.2, -0.15) is 5.10 Å². The van der Waals surface area contributed by atoms with E-state index in [9.17, 15) is 17.6 Å². The highest BCUT2D eigenvalue weighted by atomic mass is 32.2. The first-order valence-electron chi connectivity index (χ1n) is 12.0. The van der Waals surface area contributed by atoms with Crippen molar-refractivity contribution < 1.29 is 27.1 Å². The second kappa shape index (κ2) is 9.71. The van der Waals surface area contributed by atoms with Crippen LogP contribution in [0.2, 0.25) is 0 Å². The highest BCUT2D eigenvalue weighted by Crippen LogP contribution is 2.35. The van der Waals surface area contributed by atoms with Crippen LogP contribution < -0.4 is 14.8 Å². The molecule has 198 valence electrons. The van der Waals surface area contributed by atoms with Gasteiger partial charge < -0.3 is 14.8 Å². The van der Waals surface area contributed by atoms with Crippen LogP contribution in [0.5, 0.6) is 11.5 Å². The van der Waals surface area contributed by atoms with Crippen molar-refractivity contribution in [3.63, 3.8) is 0 Å². The molecule has 1 aliphatic heterocycles. The Morgan fingerprint density at radius 3 is 2.50 bits per heavy atom. The normalized spacial score (nSPS) is 16.5. The molecule has 1 saturated heterocycles. The molecule has 1 aliphatic rings. The number of carbonyl (C=O) groups is 1. The maximum absolute atomic E-state index is 14.2. The van der Waals surface area contributed by atoms with Crippen LogP contribution in [-0.2, 0) is 9.84 Å². The largest absolute Gasteiger partial charge is 0.493 e. The van der Waals surface area contributed by atoms with Gasteiger partial charge in [0.2, 0.25) is 0 Å². The summed E-state index contributed by atoms with van der Waals surface area (Å²) in [5, 5.41) is 7.89. The van der Waals surface area contributed by atoms with E-state index in [0.29, 0.717) is 57.2 Å². The number of benzene rings is 2. The molecule has 0 spiro atoms. The first-order valence-corrected chi connectivity index (χ1v) is 13.8. The summed E-state index contributed by atoms with van der Waals surface area (Å²) in [5.74, 6) is 0.146. The van der Waals surface area contributed by atoms with Gasteiger partial charge in [0.15, 0.2) is 27.0 Å². The second-order valence-corrected chi connectivity index (χ2v) is 11.6. The highest BCUT2D eigenvalue weighted by molar-refractivity contribution is 7.91. The van der Waals surface area contributed by atoms with Crippen molar-refractivity contribution in [2.24, 2.45) is 0 Å². The van der Waals surface area contributed by atoms with E-state index in [2.05, 4.69) is 10.4 Å². The zero-order valence-corrected chi connectivity index (χ0v) is 22.2. The Hall–Kier alpha value is -3.99. The third-order valence-corrected chi connectivity index (χ3v) is 8.50. The van der Waals surface area contributed by atoms with E-state index in [4.69, 9.17) is 14.5 Å². The number of aromatic nitrogens is 3. The smallest absolute Gasteiger partial charge is 0.256 e. The molecule has 1 amide bonds. The number of rotatable bonds is 6. The number of hydrogen-bond acceptors (Lipinski definition) is 7. The van der Waals surface area contributed by atoms with Gasteiger partial charge >= 0.3 is 0 Å².